The average Bonchev–Trinajstić information content (AvgIpc) is 3.06. The van der Waals surface area contributed by atoms with Crippen molar-refractivity contribution < 1.29 is 4.79 Å². The number of halogens is 1. The Morgan fingerprint density at radius 1 is 1.10 bits per heavy atom. The third-order valence-corrected chi connectivity index (χ3v) is 4.81. The highest BCUT2D eigenvalue weighted by Crippen LogP contribution is 2.21. The fourth-order valence-electron chi connectivity index (χ4n) is 3.45. The molecule has 1 heterocycles. The van der Waals surface area contributed by atoms with E-state index in [-0.39, 0.29) is 35.9 Å². The third-order valence-electron chi connectivity index (χ3n) is 4.81. The van der Waals surface area contributed by atoms with Crippen molar-refractivity contribution in [2.24, 2.45) is 4.99 Å². The van der Waals surface area contributed by atoms with Crippen molar-refractivity contribution in [1.82, 2.24) is 15.5 Å². The molecular formula is C22H30IN5O. The zero-order valence-electron chi connectivity index (χ0n) is 17.3. The SMILES string of the molecule is CN=C(NCc1ccccc1CN(C)C)NC1CC(=O)N(c2ccccc2)C1.I. The second-order valence-electron chi connectivity index (χ2n) is 7.32. The predicted molar refractivity (Wildman–Crippen MR) is 130 cm³/mol. The van der Waals surface area contributed by atoms with Gasteiger partial charge >= 0.3 is 0 Å². The number of carbonyl (C=O) groups is 1. The minimum atomic E-state index is 0. The zero-order chi connectivity index (χ0) is 19.9. The molecule has 0 saturated carbocycles. The van der Waals surface area contributed by atoms with Crippen LogP contribution in [0.4, 0.5) is 5.69 Å². The Kier molecular flexibility index (Phi) is 8.91. The number of benzene rings is 2. The largest absolute Gasteiger partial charge is 0.352 e. The number of aliphatic imine (C=N–C) groups is 1. The molecular weight excluding hydrogens is 477 g/mol. The second-order valence-corrected chi connectivity index (χ2v) is 7.32. The van der Waals surface area contributed by atoms with Crippen LogP contribution >= 0.6 is 24.0 Å². The normalized spacial score (nSPS) is 16.7. The first kappa shape index (κ1) is 23.2. The molecule has 2 aromatic rings. The van der Waals surface area contributed by atoms with E-state index in [2.05, 4.69) is 58.9 Å². The Bertz CT molecular complexity index is 825. The van der Waals surface area contributed by atoms with Gasteiger partial charge in [-0.05, 0) is 37.4 Å². The summed E-state index contributed by atoms with van der Waals surface area (Å²) in [5, 5.41) is 6.78. The summed E-state index contributed by atoms with van der Waals surface area (Å²) in [6.07, 6.45) is 0.465. The first-order valence-corrected chi connectivity index (χ1v) is 9.61. The van der Waals surface area contributed by atoms with Crippen LogP contribution in [0.15, 0.2) is 59.6 Å². The van der Waals surface area contributed by atoms with Crippen molar-refractivity contribution in [2.75, 3.05) is 32.6 Å². The molecule has 1 atom stereocenters. The number of hydrogen-bond donors (Lipinski definition) is 2. The topological polar surface area (TPSA) is 60.0 Å². The van der Waals surface area contributed by atoms with Gasteiger partial charge in [0.2, 0.25) is 5.91 Å². The van der Waals surface area contributed by atoms with Gasteiger partial charge in [0.05, 0.1) is 6.04 Å². The number of hydrogen-bond acceptors (Lipinski definition) is 3. The highest BCUT2D eigenvalue weighted by atomic mass is 127. The van der Waals surface area contributed by atoms with Crippen LogP contribution in [0.2, 0.25) is 0 Å². The Balaban J connectivity index is 0.00000300. The maximum Gasteiger partial charge on any atom is 0.229 e. The molecule has 0 radical (unpaired) electrons. The molecule has 1 unspecified atom stereocenters. The second kappa shape index (κ2) is 11.2. The van der Waals surface area contributed by atoms with Gasteiger partial charge < -0.3 is 20.4 Å². The molecule has 1 saturated heterocycles. The average molecular weight is 507 g/mol. The van der Waals surface area contributed by atoms with Crippen molar-refractivity contribution in [2.45, 2.75) is 25.6 Å². The van der Waals surface area contributed by atoms with E-state index in [1.54, 1.807) is 7.05 Å². The van der Waals surface area contributed by atoms with Gasteiger partial charge in [0.15, 0.2) is 5.96 Å². The van der Waals surface area contributed by atoms with E-state index < -0.39 is 0 Å². The molecule has 2 aromatic carbocycles. The van der Waals surface area contributed by atoms with E-state index in [1.807, 2.05) is 35.2 Å². The molecule has 156 valence electrons. The monoisotopic (exact) mass is 507 g/mol. The van der Waals surface area contributed by atoms with Crippen molar-refractivity contribution in [3.63, 3.8) is 0 Å². The zero-order valence-corrected chi connectivity index (χ0v) is 19.6. The summed E-state index contributed by atoms with van der Waals surface area (Å²) in [4.78, 5) is 20.7. The molecule has 29 heavy (non-hydrogen) atoms. The lowest BCUT2D eigenvalue weighted by Gasteiger charge is -2.20. The minimum Gasteiger partial charge on any atom is -0.352 e. The van der Waals surface area contributed by atoms with Crippen molar-refractivity contribution in [1.29, 1.82) is 0 Å². The van der Waals surface area contributed by atoms with Crippen LogP contribution in [0.3, 0.4) is 0 Å². The maximum atomic E-state index is 12.4. The van der Waals surface area contributed by atoms with Crippen LogP contribution in [0.1, 0.15) is 17.5 Å². The van der Waals surface area contributed by atoms with Crippen LogP contribution in [0, 0.1) is 0 Å². The van der Waals surface area contributed by atoms with Crippen LogP contribution in [-0.2, 0) is 17.9 Å². The predicted octanol–water partition coefficient (Wildman–Crippen LogP) is 2.84. The van der Waals surface area contributed by atoms with E-state index in [0.29, 0.717) is 25.5 Å². The third kappa shape index (κ3) is 6.43. The molecule has 0 bridgehead atoms. The van der Waals surface area contributed by atoms with Gasteiger partial charge in [0, 0.05) is 38.8 Å². The van der Waals surface area contributed by atoms with Crippen LogP contribution in [-0.4, -0.2) is 50.5 Å². The summed E-state index contributed by atoms with van der Waals surface area (Å²) >= 11 is 0. The first-order valence-electron chi connectivity index (χ1n) is 9.61. The van der Waals surface area contributed by atoms with Crippen molar-refractivity contribution >= 4 is 41.5 Å². The van der Waals surface area contributed by atoms with Gasteiger partial charge in [-0.15, -0.1) is 24.0 Å². The van der Waals surface area contributed by atoms with Crippen molar-refractivity contribution in [3.05, 3.63) is 65.7 Å². The van der Waals surface area contributed by atoms with Gasteiger partial charge in [-0.3, -0.25) is 9.79 Å². The number of para-hydroxylation sites is 1. The van der Waals surface area contributed by atoms with Gasteiger partial charge in [-0.1, -0.05) is 42.5 Å². The molecule has 2 N–H and O–H groups in total. The standard InChI is InChI=1S/C22H29N5O.HI/c1-23-22(24-14-17-9-7-8-10-18(17)15-26(2)3)25-19-13-21(28)27(16-19)20-11-5-4-6-12-20;/h4-12,19H,13-16H2,1-3H3,(H2,23,24,25);1H. The highest BCUT2D eigenvalue weighted by molar-refractivity contribution is 14.0. The van der Waals surface area contributed by atoms with Gasteiger partial charge in [-0.25, -0.2) is 0 Å². The molecule has 6 nitrogen and oxygen atoms in total. The van der Waals surface area contributed by atoms with Gasteiger partial charge in [0.1, 0.15) is 0 Å². The maximum absolute atomic E-state index is 12.4. The molecule has 7 heteroatoms. The molecule has 1 aliphatic heterocycles. The van der Waals surface area contributed by atoms with Crippen LogP contribution < -0.4 is 15.5 Å². The number of anilines is 1. The molecule has 0 spiro atoms. The fraction of sp³-hybridized carbons (Fsp3) is 0.364. The molecule has 3 rings (SSSR count). The number of carbonyl (C=O) groups excluding carboxylic acids is 1. The molecule has 0 aliphatic carbocycles. The van der Waals surface area contributed by atoms with E-state index in [1.165, 1.54) is 11.1 Å². The lowest BCUT2D eigenvalue weighted by molar-refractivity contribution is -0.117. The number of guanidine groups is 1. The smallest absolute Gasteiger partial charge is 0.229 e. The van der Waals surface area contributed by atoms with E-state index >= 15 is 0 Å². The Hall–Kier alpha value is -2.13. The quantitative estimate of drug-likeness (QED) is 0.359. The molecule has 1 fully saturated rings. The Morgan fingerprint density at radius 3 is 2.41 bits per heavy atom. The Labute approximate surface area is 190 Å². The van der Waals surface area contributed by atoms with Crippen LogP contribution in [0.5, 0.6) is 0 Å². The van der Waals surface area contributed by atoms with E-state index in [4.69, 9.17) is 0 Å². The van der Waals surface area contributed by atoms with E-state index in [9.17, 15) is 4.79 Å². The number of nitrogens with one attached hydrogen (secondary N) is 2. The van der Waals surface area contributed by atoms with Crippen LogP contribution in [0.25, 0.3) is 0 Å². The lowest BCUT2D eigenvalue weighted by atomic mass is 10.1. The Morgan fingerprint density at radius 2 is 1.76 bits per heavy atom. The molecule has 0 aromatic heterocycles. The number of rotatable bonds is 6. The van der Waals surface area contributed by atoms with Crippen molar-refractivity contribution in [3.8, 4) is 0 Å². The number of nitrogens with zero attached hydrogens (tertiary/aromatic N) is 3. The summed E-state index contributed by atoms with van der Waals surface area (Å²) in [6.45, 7) is 2.22. The summed E-state index contributed by atoms with van der Waals surface area (Å²) in [7, 11) is 5.90. The van der Waals surface area contributed by atoms with E-state index in [0.717, 1.165) is 12.2 Å². The summed E-state index contributed by atoms with van der Waals surface area (Å²) in [5.74, 6) is 0.850. The van der Waals surface area contributed by atoms with Gasteiger partial charge in [0.25, 0.3) is 0 Å². The molecule has 1 amide bonds. The first-order chi connectivity index (χ1) is 13.6. The van der Waals surface area contributed by atoms with Gasteiger partial charge in [-0.2, -0.15) is 0 Å². The highest BCUT2D eigenvalue weighted by Gasteiger charge is 2.31. The fourth-order valence-corrected chi connectivity index (χ4v) is 3.45. The lowest BCUT2D eigenvalue weighted by Crippen LogP contribution is -2.44. The minimum absolute atomic E-state index is 0. The summed E-state index contributed by atoms with van der Waals surface area (Å²) < 4.78 is 0. The summed E-state index contributed by atoms with van der Waals surface area (Å²) in [5.41, 5.74) is 3.48. The summed E-state index contributed by atoms with van der Waals surface area (Å²) in [6, 6.07) is 18.2. The number of amides is 1. The molecule has 1 aliphatic rings.